The second kappa shape index (κ2) is 6.64. The maximum absolute atomic E-state index is 11.7. The Morgan fingerprint density at radius 2 is 1.69 bits per heavy atom. The zero-order valence-electron chi connectivity index (χ0n) is 9.59. The van der Waals surface area contributed by atoms with E-state index in [-0.39, 0.29) is 30.9 Å². The van der Waals surface area contributed by atoms with Gasteiger partial charge in [-0.1, -0.05) is 0 Å². The van der Waals surface area contributed by atoms with Crippen LogP contribution in [0.4, 0.5) is 0 Å². The number of likely N-dealkylation sites (tertiary alicyclic amines) is 2. The third-order valence-electron chi connectivity index (χ3n) is 3.41. The number of carbonyl (C=O) groups excluding carboxylic acids is 1. The number of hydrogen-bond acceptors (Lipinski definition) is 3. The van der Waals surface area contributed by atoms with Crippen LogP contribution in [0, 0.1) is 0 Å². The summed E-state index contributed by atoms with van der Waals surface area (Å²) >= 11 is 0. The minimum absolute atomic E-state index is 0. The largest absolute Gasteiger partial charge is 0.344 e. The van der Waals surface area contributed by atoms with E-state index in [9.17, 15) is 4.79 Å². The fourth-order valence-corrected chi connectivity index (χ4v) is 2.37. The van der Waals surface area contributed by atoms with Gasteiger partial charge in [0, 0.05) is 32.7 Å². The normalized spacial score (nSPS) is 27.5. The highest BCUT2D eigenvalue weighted by Gasteiger charge is 2.35. The molecule has 1 amide bonds. The number of hydrogen-bond donors (Lipinski definition) is 1. The molecule has 2 saturated heterocycles. The topological polar surface area (TPSA) is 49.6 Å². The van der Waals surface area contributed by atoms with Crippen molar-refractivity contribution in [3.05, 3.63) is 0 Å². The van der Waals surface area contributed by atoms with Crippen LogP contribution < -0.4 is 5.73 Å². The average molecular weight is 270 g/mol. The predicted octanol–water partition coefficient (Wildman–Crippen LogP) is 0.484. The molecule has 2 aliphatic rings. The minimum Gasteiger partial charge on any atom is -0.344 e. The number of piperidine rings is 1. The summed E-state index contributed by atoms with van der Waals surface area (Å²) in [6, 6.07) is 0.494. The molecule has 0 spiro atoms. The standard InChI is InChI=1S/C10H19N3O.2ClH/c1-12-5-4-9(10(12)14)13-6-2-8(11)3-7-13;;/h8-9H,2-7,11H2,1H3;2*1H. The predicted molar refractivity (Wildman–Crippen MR) is 69.3 cm³/mol. The Balaban J connectivity index is 0.00000112. The molecule has 16 heavy (non-hydrogen) atoms. The van der Waals surface area contributed by atoms with Crippen LogP contribution in [0.15, 0.2) is 0 Å². The van der Waals surface area contributed by atoms with Crippen molar-refractivity contribution in [2.75, 3.05) is 26.7 Å². The van der Waals surface area contributed by atoms with Gasteiger partial charge in [-0.15, -0.1) is 24.8 Å². The van der Waals surface area contributed by atoms with Gasteiger partial charge in [-0.3, -0.25) is 9.69 Å². The molecule has 0 saturated carbocycles. The first kappa shape index (κ1) is 16.0. The third-order valence-corrected chi connectivity index (χ3v) is 3.41. The van der Waals surface area contributed by atoms with Crippen LogP contribution in [0.1, 0.15) is 19.3 Å². The number of nitrogens with zero attached hydrogens (tertiary/aromatic N) is 2. The Labute approximate surface area is 109 Å². The van der Waals surface area contributed by atoms with Gasteiger partial charge in [0.2, 0.25) is 5.91 Å². The van der Waals surface area contributed by atoms with Crippen LogP contribution in [-0.2, 0) is 4.79 Å². The lowest BCUT2D eigenvalue weighted by Crippen LogP contribution is -2.47. The van der Waals surface area contributed by atoms with Crippen molar-refractivity contribution in [3.63, 3.8) is 0 Å². The summed E-state index contributed by atoms with van der Waals surface area (Å²) in [5, 5.41) is 0. The monoisotopic (exact) mass is 269 g/mol. The van der Waals surface area contributed by atoms with Crippen molar-refractivity contribution >= 4 is 30.7 Å². The summed E-state index contributed by atoms with van der Waals surface area (Å²) in [6.45, 7) is 2.89. The zero-order valence-corrected chi connectivity index (χ0v) is 11.2. The van der Waals surface area contributed by atoms with Gasteiger partial charge in [-0.2, -0.15) is 0 Å². The summed E-state index contributed by atoms with van der Waals surface area (Å²) in [7, 11) is 1.89. The van der Waals surface area contributed by atoms with Gasteiger partial charge >= 0.3 is 0 Å². The average Bonchev–Trinajstić information content (AvgIpc) is 2.50. The van der Waals surface area contributed by atoms with E-state index in [1.807, 2.05) is 11.9 Å². The molecule has 1 unspecified atom stereocenters. The van der Waals surface area contributed by atoms with Crippen molar-refractivity contribution < 1.29 is 4.79 Å². The number of likely N-dealkylation sites (N-methyl/N-ethyl adjacent to an activating group) is 1. The summed E-state index contributed by atoms with van der Waals surface area (Å²) in [4.78, 5) is 15.9. The molecule has 0 radical (unpaired) electrons. The summed E-state index contributed by atoms with van der Waals surface area (Å²) in [6.07, 6.45) is 3.06. The molecule has 2 aliphatic heterocycles. The highest BCUT2D eigenvalue weighted by molar-refractivity contribution is 5.85. The molecule has 0 aromatic heterocycles. The quantitative estimate of drug-likeness (QED) is 0.754. The van der Waals surface area contributed by atoms with E-state index in [0.29, 0.717) is 11.9 Å². The maximum Gasteiger partial charge on any atom is 0.239 e. The first-order valence-corrected chi connectivity index (χ1v) is 5.43. The van der Waals surface area contributed by atoms with Crippen LogP contribution in [0.5, 0.6) is 0 Å². The van der Waals surface area contributed by atoms with Crippen molar-refractivity contribution in [2.45, 2.75) is 31.3 Å². The van der Waals surface area contributed by atoms with E-state index in [4.69, 9.17) is 5.73 Å². The van der Waals surface area contributed by atoms with Crippen molar-refractivity contribution in [3.8, 4) is 0 Å². The molecule has 0 aliphatic carbocycles. The van der Waals surface area contributed by atoms with Gasteiger partial charge in [-0.05, 0) is 19.3 Å². The van der Waals surface area contributed by atoms with Gasteiger partial charge in [0.15, 0.2) is 0 Å². The minimum atomic E-state index is 0. The van der Waals surface area contributed by atoms with E-state index in [2.05, 4.69) is 4.90 Å². The molecule has 1 atom stereocenters. The molecule has 2 heterocycles. The van der Waals surface area contributed by atoms with Gasteiger partial charge in [0.05, 0.1) is 6.04 Å². The maximum atomic E-state index is 11.7. The fraction of sp³-hybridized carbons (Fsp3) is 0.900. The van der Waals surface area contributed by atoms with Crippen LogP contribution in [-0.4, -0.2) is 54.5 Å². The molecule has 2 rings (SSSR count). The smallest absolute Gasteiger partial charge is 0.239 e. The molecule has 2 fully saturated rings. The number of nitrogens with two attached hydrogens (primary N) is 1. The number of halogens is 2. The summed E-state index contributed by atoms with van der Waals surface area (Å²) in [5.74, 6) is 0.292. The Morgan fingerprint density at radius 3 is 2.12 bits per heavy atom. The fourth-order valence-electron chi connectivity index (χ4n) is 2.37. The molecule has 0 aromatic carbocycles. The van der Waals surface area contributed by atoms with Gasteiger partial charge in [0.25, 0.3) is 0 Å². The van der Waals surface area contributed by atoms with E-state index < -0.39 is 0 Å². The van der Waals surface area contributed by atoms with Gasteiger partial charge < -0.3 is 10.6 Å². The van der Waals surface area contributed by atoms with Crippen LogP contribution in [0.25, 0.3) is 0 Å². The SMILES string of the molecule is CN1CCC(N2CCC(N)CC2)C1=O.Cl.Cl. The Kier molecular flexibility index (Phi) is 6.63. The Hall–Kier alpha value is -0.0300. The van der Waals surface area contributed by atoms with E-state index >= 15 is 0 Å². The number of carbonyl (C=O) groups is 1. The molecule has 0 bridgehead atoms. The van der Waals surface area contributed by atoms with Crippen LogP contribution >= 0.6 is 24.8 Å². The second-order valence-corrected chi connectivity index (χ2v) is 4.44. The van der Waals surface area contributed by atoms with E-state index in [1.54, 1.807) is 0 Å². The molecule has 4 nitrogen and oxygen atoms in total. The van der Waals surface area contributed by atoms with Gasteiger partial charge in [0.1, 0.15) is 0 Å². The van der Waals surface area contributed by atoms with Crippen molar-refractivity contribution in [2.24, 2.45) is 5.73 Å². The van der Waals surface area contributed by atoms with E-state index in [0.717, 1.165) is 38.9 Å². The summed E-state index contributed by atoms with van der Waals surface area (Å²) < 4.78 is 0. The first-order valence-electron chi connectivity index (χ1n) is 5.43. The molecular formula is C10H21Cl2N3O. The molecule has 2 N–H and O–H groups in total. The lowest BCUT2D eigenvalue weighted by Gasteiger charge is -2.33. The van der Waals surface area contributed by atoms with Gasteiger partial charge in [-0.25, -0.2) is 0 Å². The van der Waals surface area contributed by atoms with E-state index in [1.165, 1.54) is 0 Å². The lowest BCUT2D eigenvalue weighted by molar-refractivity contribution is -0.131. The number of amides is 1. The Morgan fingerprint density at radius 1 is 1.12 bits per heavy atom. The zero-order chi connectivity index (χ0) is 10.1. The van der Waals surface area contributed by atoms with Crippen molar-refractivity contribution in [1.29, 1.82) is 0 Å². The first-order chi connectivity index (χ1) is 6.68. The number of rotatable bonds is 1. The Bertz CT molecular complexity index is 232. The lowest BCUT2D eigenvalue weighted by atomic mass is 10.0. The summed E-state index contributed by atoms with van der Waals surface area (Å²) in [5.41, 5.74) is 5.84. The highest BCUT2D eigenvalue weighted by atomic mass is 35.5. The molecular weight excluding hydrogens is 249 g/mol. The van der Waals surface area contributed by atoms with Crippen LogP contribution in [0.2, 0.25) is 0 Å². The van der Waals surface area contributed by atoms with Crippen molar-refractivity contribution in [1.82, 2.24) is 9.80 Å². The third kappa shape index (κ3) is 3.23. The highest BCUT2D eigenvalue weighted by Crippen LogP contribution is 2.19. The molecule has 0 aromatic rings. The molecule has 96 valence electrons. The second-order valence-electron chi connectivity index (χ2n) is 4.44. The van der Waals surface area contributed by atoms with Crippen LogP contribution in [0.3, 0.4) is 0 Å². The molecule has 6 heteroatoms.